The molecule has 0 radical (unpaired) electrons. The number of benzene rings is 1. The van der Waals surface area contributed by atoms with Crippen molar-refractivity contribution in [1.29, 1.82) is 0 Å². The van der Waals surface area contributed by atoms with Crippen LogP contribution in [0.3, 0.4) is 0 Å². The van der Waals surface area contributed by atoms with Crippen LogP contribution in [0.1, 0.15) is 24.3 Å². The number of aliphatic carboxylic acids is 1. The summed E-state index contributed by atoms with van der Waals surface area (Å²) in [5, 5.41) is 9.20. The Labute approximate surface area is 112 Å². The largest absolute Gasteiger partial charge is 0.490 e. The van der Waals surface area contributed by atoms with Crippen molar-refractivity contribution in [2.24, 2.45) is 5.73 Å². The fraction of sp³-hybridized carbons (Fsp3) is 0.500. The molecule has 19 heavy (non-hydrogen) atoms. The van der Waals surface area contributed by atoms with E-state index in [0.29, 0.717) is 24.5 Å². The number of carboxylic acid groups (broad SMARTS) is 1. The monoisotopic (exact) mass is 265 g/mol. The third-order valence-corrected chi connectivity index (χ3v) is 3.29. The van der Waals surface area contributed by atoms with Gasteiger partial charge in [0.2, 0.25) is 0 Å². The Balaban J connectivity index is 2.17. The van der Waals surface area contributed by atoms with Crippen molar-refractivity contribution in [3.8, 4) is 5.75 Å². The lowest BCUT2D eigenvalue weighted by atomic mass is 9.98. The standard InChI is InChI=1S/C14H19NO4/c15-9-12(14(16)17)11-3-1-2-4-13(11)19-10-5-7-18-8-6-10/h1-4,10,12H,5-9,15H2,(H,16,17). The smallest absolute Gasteiger partial charge is 0.312 e. The summed E-state index contributed by atoms with van der Waals surface area (Å²) in [6.45, 7) is 1.43. The molecule has 5 heteroatoms. The molecular formula is C14H19NO4. The summed E-state index contributed by atoms with van der Waals surface area (Å²) < 4.78 is 11.2. The molecular weight excluding hydrogens is 246 g/mol. The summed E-state index contributed by atoms with van der Waals surface area (Å²) in [6, 6.07) is 7.21. The van der Waals surface area contributed by atoms with Crippen LogP contribution in [0.5, 0.6) is 5.75 Å². The van der Waals surface area contributed by atoms with E-state index in [0.717, 1.165) is 12.8 Å². The number of rotatable bonds is 5. The molecule has 0 bridgehead atoms. The zero-order chi connectivity index (χ0) is 13.7. The summed E-state index contributed by atoms with van der Waals surface area (Å²) in [6.07, 6.45) is 1.74. The van der Waals surface area contributed by atoms with E-state index >= 15 is 0 Å². The third-order valence-electron chi connectivity index (χ3n) is 3.29. The van der Waals surface area contributed by atoms with E-state index in [2.05, 4.69) is 0 Å². The molecule has 0 spiro atoms. The molecule has 1 fully saturated rings. The van der Waals surface area contributed by atoms with Crippen LogP contribution in [0, 0.1) is 0 Å². The van der Waals surface area contributed by atoms with Gasteiger partial charge < -0.3 is 20.3 Å². The zero-order valence-electron chi connectivity index (χ0n) is 10.7. The first-order chi connectivity index (χ1) is 9.22. The van der Waals surface area contributed by atoms with Gasteiger partial charge in [0.05, 0.1) is 19.1 Å². The van der Waals surface area contributed by atoms with Crippen LogP contribution >= 0.6 is 0 Å². The van der Waals surface area contributed by atoms with Crippen LogP contribution in [-0.2, 0) is 9.53 Å². The molecule has 0 aliphatic carbocycles. The average molecular weight is 265 g/mol. The van der Waals surface area contributed by atoms with Crippen molar-refractivity contribution in [2.45, 2.75) is 24.9 Å². The number of hydrogen-bond donors (Lipinski definition) is 2. The van der Waals surface area contributed by atoms with Crippen molar-refractivity contribution in [1.82, 2.24) is 0 Å². The second-order valence-corrected chi connectivity index (χ2v) is 4.59. The van der Waals surface area contributed by atoms with Gasteiger partial charge in [0, 0.05) is 24.9 Å². The number of carboxylic acids is 1. The normalized spacial score (nSPS) is 17.9. The predicted octanol–water partition coefficient (Wildman–Crippen LogP) is 1.37. The maximum Gasteiger partial charge on any atom is 0.312 e. The molecule has 1 aromatic rings. The summed E-state index contributed by atoms with van der Waals surface area (Å²) in [7, 11) is 0. The Morgan fingerprint density at radius 2 is 2.11 bits per heavy atom. The minimum absolute atomic E-state index is 0.0590. The molecule has 1 aromatic carbocycles. The molecule has 0 aromatic heterocycles. The molecule has 0 amide bonds. The lowest BCUT2D eigenvalue weighted by Crippen LogP contribution is -2.27. The molecule has 1 saturated heterocycles. The first kappa shape index (κ1) is 13.8. The highest BCUT2D eigenvalue weighted by Crippen LogP contribution is 2.28. The van der Waals surface area contributed by atoms with E-state index in [9.17, 15) is 9.90 Å². The summed E-state index contributed by atoms with van der Waals surface area (Å²) in [4.78, 5) is 11.2. The first-order valence-electron chi connectivity index (χ1n) is 6.48. The Bertz CT molecular complexity index is 429. The number of hydrogen-bond acceptors (Lipinski definition) is 4. The third kappa shape index (κ3) is 3.45. The summed E-state index contributed by atoms with van der Waals surface area (Å²) in [5.41, 5.74) is 6.19. The van der Waals surface area contributed by atoms with Gasteiger partial charge in [-0.25, -0.2) is 0 Å². The van der Waals surface area contributed by atoms with Crippen LogP contribution in [0.15, 0.2) is 24.3 Å². The topological polar surface area (TPSA) is 81.8 Å². The van der Waals surface area contributed by atoms with Gasteiger partial charge in [-0.2, -0.15) is 0 Å². The van der Waals surface area contributed by atoms with E-state index in [4.69, 9.17) is 15.2 Å². The van der Waals surface area contributed by atoms with Gasteiger partial charge in [0.25, 0.3) is 0 Å². The molecule has 2 rings (SSSR count). The number of para-hydroxylation sites is 1. The second-order valence-electron chi connectivity index (χ2n) is 4.59. The molecule has 1 aliphatic rings. The Morgan fingerprint density at radius 1 is 1.42 bits per heavy atom. The van der Waals surface area contributed by atoms with Gasteiger partial charge >= 0.3 is 5.97 Å². The molecule has 1 heterocycles. The van der Waals surface area contributed by atoms with E-state index < -0.39 is 11.9 Å². The maximum atomic E-state index is 11.2. The molecule has 1 atom stereocenters. The van der Waals surface area contributed by atoms with Crippen molar-refractivity contribution in [2.75, 3.05) is 19.8 Å². The van der Waals surface area contributed by atoms with Gasteiger partial charge in [-0.1, -0.05) is 18.2 Å². The van der Waals surface area contributed by atoms with E-state index in [-0.39, 0.29) is 12.6 Å². The Kier molecular flexibility index (Phi) is 4.76. The molecule has 5 nitrogen and oxygen atoms in total. The van der Waals surface area contributed by atoms with Crippen LogP contribution in [0.4, 0.5) is 0 Å². The highest BCUT2D eigenvalue weighted by molar-refractivity contribution is 5.77. The van der Waals surface area contributed by atoms with Crippen LogP contribution < -0.4 is 10.5 Å². The highest BCUT2D eigenvalue weighted by Gasteiger charge is 2.23. The second kappa shape index (κ2) is 6.54. The summed E-state index contributed by atoms with van der Waals surface area (Å²) >= 11 is 0. The van der Waals surface area contributed by atoms with Crippen molar-refractivity contribution < 1.29 is 19.4 Å². The molecule has 1 aliphatic heterocycles. The van der Waals surface area contributed by atoms with E-state index in [1.54, 1.807) is 18.2 Å². The summed E-state index contributed by atoms with van der Waals surface area (Å²) in [5.74, 6) is -1.03. The van der Waals surface area contributed by atoms with Gasteiger partial charge in [-0.3, -0.25) is 4.79 Å². The van der Waals surface area contributed by atoms with Gasteiger partial charge in [-0.05, 0) is 6.07 Å². The number of nitrogens with two attached hydrogens (primary N) is 1. The number of carbonyl (C=O) groups is 1. The van der Waals surface area contributed by atoms with E-state index in [1.165, 1.54) is 0 Å². The number of ether oxygens (including phenoxy) is 2. The SMILES string of the molecule is NCC(C(=O)O)c1ccccc1OC1CCOCC1. The van der Waals surface area contributed by atoms with E-state index in [1.807, 2.05) is 6.07 Å². The maximum absolute atomic E-state index is 11.2. The lowest BCUT2D eigenvalue weighted by molar-refractivity contribution is -0.138. The minimum Gasteiger partial charge on any atom is -0.490 e. The zero-order valence-corrected chi connectivity index (χ0v) is 10.7. The van der Waals surface area contributed by atoms with Crippen LogP contribution in [-0.4, -0.2) is 36.9 Å². The fourth-order valence-electron chi connectivity index (χ4n) is 2.21. The van der Waals surface area contributed by atoms with Gasteiger partial charge in [0.1, 0.15) is 11.9 Å². The minimum atomic E-state index is -0.925. The van der Waals surface area contributed by atoms with Crippen molar-refractivity contribution in [3.05, 3.63) is 29.8 Å². The van der Waals surface area contributed by atoms with Crippen molar-refractivity contribution in [3.63, 3.8) is 0 Å². The Hall–Kier alpha value is -1.59. The highest BCUT2D eigenvalue weighted by atomic mass is 16.5. The predicted molar refractivity (Wildman–Crippen MR) is 70.3 cm³/mol. The van der Waals surface area contributed by atoms with Crippen LogP contribution in [0.2, 0.25) is 0 Å². The molecule has 104 valence electrons. The molecule has 1 unspecified atom stereocenters. The van der Waals surface area contributed by atoms with Gasteiger partial charge in [0.15, 0.2) is 0 Å². The molecule has 3 N–H and O–H groups in total. The van der Waals surface area contributed by atoms with Crippen molar-refractivity contribution >= 4 is 5.97 Å². The average Bonchev–Trinajstić information content (AvgIpc) is 2.42. The first-order valence-corrected chi connectivity index (χ1v) is 6.48. The van der Waals surface area contributed by atoms with Gasteiger partial charge in [-0.15, -0.1) is 0 Å². The quantitative estimate of drug-likeness (QED) is 0.840. The Morgan fingerprint density at radius 3 is 2.74 bits per heavy atom. The fourth-order valence-corrected chi connectivity index (χ4v) is 2.21. The molecule has 0 saturated carbocycles. The van der Waals surface area contributed by atoms with Crippen LogP contribution in [0.25, 0.3) is 0 Å². The lowest BCUT2D eigenvalue weighted by Gasteiger charge is -2.25.